The van der Waals surface area contributed by atoms with Crippen LogP contribution in [0.4, 0.5) is 5.82 Å². The van der Waals surface area contributed by atoms with Gasteiger partial charge in [-0.3, -0.25) is 0 Å². The first-order valence-electron chi connectivity index (χ1n) is 6.94. The number of ether oxygens (including phenoxy) is 1. The normalized spacial score (nSPS) is 11.2. The van der Waals surface area contributed by atoms with Crippen molar-refractivity contribution in [1.82, 2.24) is 4.98 Å². The van der Waals surface area contributed by atoms with Crippen LogP contribution in [-0.4, -0.2) is 18.1 Å². The van der Waals surface area contributed by atoms with Gasteiger partial charge in [-0.1, -0.05) is 39.0 Å². The second kappa shape index (κ2) is 6.42. The minimum absolute atomic E-state index is 0.180. The van der Waals surface area contributed by atoms with Gasteiger partial charge in [0.05, 0.1) is 6.54 Å². The number of aromatic nitrogens is 1. The lowest BCUT2D eigenvalue weighted by Gasteiger charge is -2.19. The topological polar surface area (TPSA) is 34.1 Å². The molecule has 0 atom stereocenters. The molecule has 0 amide bonds. The van der Waals surface area contributed by atoms with Gasteiger partial charge in [0.1, 0.15) is 18.2 Å². The van der Waals surface area contributed by atoms with Crippen LogP contribution in [-0.2, 0) is 5.41 Å². The molecule has 0 bridgehead atoms. The van der Waals surface area contributed by atoms with Gasteiger partial charge in [0.25, 0.3) is 0 Å². The molecule has 106 valence electrons. The van der Waals surface area contributed by atoms with E-state index in [0.717, 1.165) is 18.1 Å². The molecule has 0 aliphatic heterocycles. The van der Waals surface area contributed by atoms with E-state index in [9.17, 15) is 0 Å². The van der Waals surface area contributed by atoms with Crippen LogP contribution in [0.15, 0.2) is 48.7 Å². The Morgan fingerprint density at radius 3 is 2.40 bits per heavy atom. The molecule has 0 saturated heterocycles. The SMILES string of the molecule is CC(C)(C)c1ccc(OCCNc2ccccn2)cc1. The Kier molecular flexibility index (Phi) is 4.61. The molecule has 1 N–H and O–H groups in total. The van der Waals surface area contributed by atoms with Crippen molar-refractivity contribution in [2.45, 2.75) is 26.2 Å². The standard InChI is InChI=1S/C17H22N2O/c1-17(2,3)14-7-9-15(10-8-14)20-13-12-19-16-6-4-5-11-18-16/h4-11H,12-13H2,1-3H3,(H,18,19). The maximum atomic E-state index is 5.71. The maximum Gasteiger partial charge on any atom is 0.125 e. The molecule has 2 aromatic rings. The van der Waals surface area contributed by atoms with Crippen molar-refractivity contribution < 1.29 is 4.74 Å². The van der Waals surface area contributed by atoms with Gasteiger partial charge in [0, 0.05) is 6.20 Å². The largest absolute Gasteiger partial charge is 0.492 e. The van der Waals surface area contributed by atoms with Crippen molar-refractivity contribution in [2.24, 2.45) is 0 Å². The highest BCUT2D eigenvalue weighted by atomic mass is 16.5. The Hall–Kier alpha value is -2.03. The number of hydrogen-bond acceptors (Lipinski definition) is 3. The van der Waals surface area contributed by atoms with E-state index in [0.29, 0.717) is 6.61 Å². The van der Waals surface area contributed by atoms with Gasteiger partial charge in [-0.05, 0) is 35.2 Å². The third kappa shape index (κ3) is 4.26. The molecule has 0 unspecified atom stereocenters. The maximum absolute atomic E-state index is 5.71. The molecule has 0 radical (unpaired) electrons. The van der Waals surface area contributed by atoms with Gasteiger partial charge < -0.3 is 10.1 Å². The van der Waals surface area contributed by atoms with Crippen LogP contribution in [0, 0.1) is 0 Å². The molecule has 20 heavy (non-hydrogen) atoms. The third-order valence-corrected chi connectivity index (χ3v) is 3.06. The molecular formula is C17H22N2O. The third-order valence-electron chi connectivity index (χ3n) is 3.06. The highest BCUT2D eigenvalue weighted by molar-refractivity contribution is 5.33. The van der Waals surface area contributed by atoms with E-state index in [2.05, 4.69) is 43.2 Å². The molecular weight excluding hydrogens is 248 g/mol. The summed E-state index contributed by atoms with van der Waals surface area (Å²) in [5, 5.41) is 3.21. The number of hydrogen-bond donors (Lipinski definition) is 1. The zero-order chi connectivity index (χ0) is 14.4. The van der Waals surface area contributed by atoms with Crippen LogP contribution in [0.1, 0.15) is 26.3 Å². The van der Waals surface area contributed by atoms with Crippen molar-refractivity contribution >= 4 is 5.82 Å². The Labute approximate surface area is 121 Å². The highest BCUT2D eigenvalue weighted by Crippen LogP contribution is 2.24. The fraction of sp³-hybridized carbons (Fsp3) is 0.353. The van der Waals surface area contributed by atoms with Gasteiger partial charge in [-0.15, -0.1) is 0 Å². The number of anilines is 1. The number of benzene rings is 1. The molecule has 0 aliphatic carbocycles. The molecule has 1 heterocycles. The van der Waals surface area contributed by atoms with Crippen LogP contribution >= 0.6 is 0 Å². The predicted molar refractivity (Wildman–Crippen MR) is 83.4 cm³/mol. The number of rotatable bonds is 5. The molecule has 1 aromatic carbocycles. The molecule has 1 aromatic heterocycles. The highest BCUT2D eigenvalue weighted by Gasteiger charge is 2.12. The Morgan fingerprint density at radius 2 is 1.80 bits per heavy atom. The van der Waals surface area contributed by atoms with E-state index < -0.39 is 0 Å². The van der Waals surface area contributed by atoms with Crippen LogP contribution in [0.25, 0.3) is 0 Å². The lowest BCUT2D eigenvalue weighted by atomic mass is 9.87. The fourth-order valence-electron chi connectivity index (χ4n) is 1.87. The van der Waals surface area contributed by atoms with Gasteiger partial charge in [-0.2, -0.15) is 0 Å². The predicted octanol–water partition coefficient (Wildman–Crippen LogP) is 3.87. The van der Waals surface area contributed by atoms with Crippen LogP contribution < -0.4 is 10.1 Å². The average Bonchev–Trinajstić information content (AvgIpc) is 2.44. The molecule has 3 heteroatoms. The van der Waals surface area contributed by atoms with Crippen molar-refractivity contribution in [2.75, 3.05) is 18.5 Å². The van der Waals surface area contributed by atoms with E-state index in [1.54, 1.807) is 6.20 Å². The van der Waals surface area contributed by atoms with E-state index in [-0.39, 0.29) is 5.41 Å². The summed E-state index contributed by atoms with van der Waals surface area (Å²) in [5.41, 5.74) is 1.50. The molecule has 0 aliphatic rings. The van der Waals surface area contributed by atoms with Gasteiger partial charge in [0.15, 0.2) is 0 Å². The van der Waals surface area contributed by atoms with E-state index >= 15 is 0 Å². The minimum Gasteiger partial charge on any atom is -0.492 e. The monoisotopic (exact) mass is 270 g/mol. The lowest BCUT2D eigenvalue weighted by molar-refractivity contribution is 0.332. The summed E-state index contributed by atoms with van der Waals surface area (Å²) in [5.74, 6) is 1.78. The second-order valence-electron chi connectivity index (χ2n) is 5.76. The zero-order valence-electron chi connectivity index (χ0n) is 12.4. The summed E-state index contributed by atoms with van der Waals surface area (Å²) in [6.45, 7) is 7.97. The quantitative estimate of drug-likeness (QED) is 0.837. The number of pyridine rings is 1. The molecule has 0 spiro atoms. The summed E-state index contributed by atoms with van der Waals surface area (Å²) in [7, 11) is 0. The first-order chi connectivity index (χ1) is 9.55. The summed E-state index contributed by atoms with van der Waals surface area (Å²) >= 11 is 0. The minimum atomic E-state index is 0.180. The van der Waals surface area contributed by atoms with Gasteiger partial charge in [-0.25, -0.2) is 4.98 Å². The van der Waals surface area contributed by atoms with Crippen LogP contribution in [0.5, 0.6) is 5.75 Å². The first kappa shape index (κ1) is 14.4. The van der Waals surface area contributed by atoms with Gasteiger partial charge in [0.2, 0.25) is 0 Å². The number of nitrogens with zero attached hydrogens (tertiary/aromatic N) is 1. The fourth-order valence-corrected chi connectivity index (χ4v) is 1.87. The van der Waals surface area contributed by atoms with Gasteiger partial charge >= 0.3 is 0 Å². The van der Waals surface area contributed by atoms with Crippen LogP contribution in [0.3, 0.4) is 0 Å². The zero-order valence-corrected chi connectivity index (χ0v) is 12.4. The Balaban J connectivity index is 1.77. The summed E-state index contributed by atoms with van der Waals surface area (Å²) in [6.07, 6.45) is 1.77. The van der Waals surface area contributed by atoms with Crippen molar-refractivity contribution in [3.8, 4) is 5.75 Å². The van der Waals surface area contributed by atoms with Crippen LogP contribution in [0.2, 0.25) is 0 Å². The van der Waals surface area contributed by atoms with Crippen molar-refractivity contribution in [3.05, 3.63) is 54.2 Å². The summed E-state index contributed by atoms with van der Waals surface area (Å²) < 4.78 is 5.71. The van der Waals surface area contributed by atoms with E-state index in [1.165, 1.54) is 5.56 Å². The molecule has 0 saturated carbocycles. The molecule has 0 fully saturated rings. The molecule has 2 rings (SSSR count). The van der Waals surface area contributed by atoms with E-state index in [1.807, 2.05) is 30.3 Å². The summed E-state index contributed by atoms with van der Waals surface area (Å²) in [6, 6.07) is 14.1. The number of nitrogens with one attached hydrogen (secondary N) is 1. The van der Waals surface area contributed by atoms with Crippen molar-refractivity contribution in [1.29, 1.82) is 0 Å². The average molecular weight is 270 g/mol. The summed E-state index contributed by atoms with van der Waals surface area (Å²) in [4.78, 5) is 4.20. The van der Waals surface area contributed by atoms with Crippen molar-refractivity contribution in [3.63, 3.8) is 0 Å². The lowest BCUT2D eigenvalue weighted by Crippen LogP contribution is -2.13. The Morgan fingerprint density at radius 1 is 1.05 bits per heavy atom. The Bertz CT molecular complexity index is 515. The smallest absolute Gasteiger partial charge is 0.125 e. The second-order valence-corrected chi connectivity index (χ2v) is 5.76. The molecule has 3 nitrogen and oxygen atoms in total. The van der Waals surface area contributed by atoms with E-state index in [4.69, 9.17) is 4.74 Å². The first-order valence-corrected chi connectivity index (χ1v) is 6.94.